The third-order valence-electron chi connectivity index (χ3n) is 3.60. The second-order valence-electron chi connectivity index (χ2n) is 4.90. The van der Waals surface area contributed by atoms with E-state index in [1.54, 1.807) is 6.20 Å². The third kappa shape index (κ3) is 1.94. The van der Waals surface area contributed by atoms with Crippen LogP contribution in [0, 0.1) is 0 Å². The number of aromatic nitrogens is 2. The number of imidazole rings is 1. The molecule has 0 aliphatic carbocycles. The van der Waals surface area contributed by atoms with Crippen molar-refractivity contribution >= 4 is 11.6 Å². The molecule has 0 saturated heterocycles. The predicted molar refractivity (Wildman–Crippen MR) is 73.8 cm³/mol. The number of nitrogens with two attached hydrogens (primary N) is 1. The Kier molecular flexibility index (Phi) is 2.70. The summed E-state index contributed by atoms with van der Waals surface area (Å²) < 4.78 is 1.97. The van der Waals surface area contributed by atoms with Gasteiger partial charge in [-0.1, -0.05) is 12.1 Å². The molecule has 0 bridgehead atoms. The first-order chi connectivity index (χ1) is 8.74. The Bertz CT molecular complexity index is 559. The van der Waals surface area contributed by atoms with Crippen LogP contribution in [0.4, 0.5) is 11.6 Å². The molecule has 0 unspecified atom stereocenters. The lowest BCUT2D eigenvalue weighted by molar-refractivity contribution is 0.739. The fourth-order valence-corrected chi connectivity index (χ4v) is 2.61. The lowest BCUT2D eigenvalue weighted by Gasteiger charge is -2.27. The molecular weight excluding hydrogens is 224 g/mol. The number of nitrogen functional groups attached to an aromatic ring is 1. The van der Waals surface area contributed by atoms with E-state index >= 15 is 0 Å². The van der Waals surface area contributed by atoms with Crippen molar-refractivity contribution in [1.29, 1.82) is 0 Å². The molecule has 2 N–H and O–H groups in total. The highest BCUT2D eigenvalue weighted by Gasteiger charge is 2.13. The highest BCUT2D eigenvalue weighted by Crippen LogP contribution is 2.27. The van der Waals surface area contributed by atoms with Gasteiger partial charge in [-0.25, -0.2) is 4.98 Å². The maximum Gasteiger partial charge on any atom is 0.200 e. The van der Waals surface area contributed by atoms with E-state index in [0.29, 0.717) is 5.95 Å². The van der Waals surface area contributed by atoms with E-state index in [1.807, 2.05) is 10.8 Å². The van der Waals surface area contributed by atoms with Crippen LogP contribution in [0.1, 0.15) is 17.5 Å². The Balaban J connectivity index is 1.88. The van der Waals surface area contributed by atoms with Crippen LogP contribution >= 0.6 is 0 Å². The lowest BCUT2D eigenvalue weighted by Crippen LogP contribution is -2.24. The van der Waals surface area contributed by atoms with Gasteiger partial charge in [0.15, 0.2) is 5.95 Å². The summed E-state index contributed by atoms with van der Waals surface area (Å²) in [5.41, 5.74) is 9.89. The number of nitrogens with zero attached hydrogens (tertiary/aromatic N) is 3. The third-order valence-corrected chi connectivity index (χ3v) is 3.60. The SMILES string of the molecule is CN1CCCc2cc(Cn3ccnc3N)ccc21. The van der Waals surface area contributed by atoms with E-state index in [9.17, 15) is 0 Å². The van der Waals surface area contributed by atoms with Gasteiger partial charge in [0.1, 0.15) is 0 Å². The Morgan fingerprint density at radius 1 is 1.39 bits per heavy atom. The predicted octanol–water partition coefficient (Wildman–Crippen LogP) is 1.90. The first kappa shape index (κ1) is 11.1. The van der Waals surface area contributed by atoms with Gasteiger partial charge in [0.2, 0.25) is 0 Å². The van der Waals surface area contributed by atoms with Gasteiger partial charge in [0.05, 0.1) is 6.54 Å². The normalized spacial score (nSPS) is 14.6. The maximum atomic E-state index is 5.79. The van der Waals surface area contributed by atoms with Gasteiger partial charge in [0.25, 0.3) is 0 Å². The maximum absolute atomic E-state index is 5.79. The van der Waals surface area contributed by atoms with Crippen LogP contribution in [0.5, 0.6) is 0 Å². The Morgan fingerprint density at radius 3 is 3.06 bits per heavy atom. The fourth-order valence-electron chi connectivity index (χ4n) is 2.61. The molecule has 0 spiro atoms. The molecule has 2 heterocycles. The van der Waals surface area contributed by atoms with Crippen molar-refractivity contribution in [3.05, 3.63) is 41.7 Å². The summed E-state index contributed by atoms with van der Waals surface area (Å²) in [4.78, 5) is 6.37. The molecule has 4 nitrogen and oxygen atoms in total. The molecule has 18 heavy (non-hydrogen) atoms. The molecule has 1 aromatic heterocycles. The number of anilines is 2. The quantitative estimate of drug-likeness (QED) is 0.875. The number of hydrogen-bond donors (Lipinski definition) is 1. The van der Waals surface area contributed by atoms with E-state index in [2.05, 4.69) is 35.1 Å². The summed E-state index contributed by atoms with van der Waals surface area (Å²) in [5, 5.41) is 0. The topological polar surface area (TPSA) is 47.1 Å². The number of fused-ring (bicyclic) bond motifs is 1. The molecule has 1 aliphatic heterocycles. The van der Waals surface area contributed by atoms with Gasteiger partial charge in [-0.2, -0.15) is 0 Å². The van der Waals surface area contributed by atoms with Crippen molar-refractivity contribution in [3.63, 3.8) is 0 Å². The van der Waals surface area contributed by atoms with E-state index in [4.69, 9.17) is 5.73 Å². The van der Waals surface area contributed by atoms with Crippen LogP contribution in [0.25, 0.3) is 0 Å². The second kappa shape index (κ2) is 4.37. The standard InChI is InChI=1S/C14H18N4/c1-17-7-2-3-12-9-11(4-5-13(12)17)10-18-8-6-16-14(18)15/h4-6,8-9H,2-3,7,10H2,1H3,(H2,15,16). The van der Waals surface area contributed by atoms with E-state index < -0.39 is 0 Å². The molecule has 1 aromatic carbocycles. The van der Waals surface area contributed by atoms with Crippen molar-refractivity contribution in [1.82, 2.24) is 9.55 Å². The number of benzene rings is 1. The minimum absolute atomic E-state index is 0.574. The Morgan fingerprint density at radius 2 is 2.28 bits per heavy atom. The number of hydrogen-bond acceptors (Lipinski definition) is 3. The van der Waals surface area contributed by atoms with Crippen LogP contribution in [0.2, 0.25) is 0 Å². The van der Waals surface area contributed by atoms with Gasteiger partial charge < -0.3 is 15.2 Å². The van der Waals surface area contributed by atoms with Crippen LogP contribution in [-0.4, -0.2) is 23.1 Å². The minimum atomic E-state index is 0.574. The van der Waals surface area contributed by atoms with E-state index in [0.717, 1.165) is 13.1 Å². The fraction of sp³-hybridized carbons (Fsp3) is 0.357. The molecule has 2 aromatic rings. The molecule has 1 aliphatic rings. The molecule has 0 atom stereocenters. The summed E-state index contributed by atoms with van der Waals surface area (Å²) >= 11 is 0. The van der Waals surface area contributed by atoms with E-state index in [-0.39, 0.29) is 0 Å². The highest BCUT2D eigenvalue weighted by atomic mass is 15.1. The Hall–Kier alpha value is -1.97. The Labute approximate surface area is 107 Å². The first-order valence-electron chi connectivity index (χ1n) is 6.33. The van der Waals surface area contributed by atoms with Crippen LogP contribution < -0.4 is 10.6 Å². The zero-order valence-electron chi connectivity index (χ0n) is 10.6. The van der Waals surface area contributed by atoms with Crippen molar-refractivity contribution < 1.29 is 0 Å². The summed E-state index contributed by atoms with van der Waals surface area (Å²) in [6.45, 7) is 1.95. The summed E-state index contributed by atoms with van der Waals surface area (Å²) in [6.07, 6.45) is 6.06. The van der Waals surface area contributed by atoms with Crippen molar-refractivity contribution in [2.24, 2.45) is 0 Å². The van der Waals surface area contributed by atoms with Gasteiger partial charge in [0, 0.05) is 31.7 Å². The molecule has 94 valence electrons. The minimum Gasteiger partial charge on any atom is -0.374 e. The van der Waals surface area contributed by atoms with Crippen LogP contribution in [0.3, 0.4) is 0 Å². The molecule has 0 fully saturated rings. The lowest BCUT2D eigenvalue weighted by atomic mass is 9.99. The smallest absolute Gasteiger partial charge is 0.200 e. The molecule has 0 radical (unpaired) electrons. The molecule has 0 saturated carbocycles. The van der Waals surface area contributed by atoms with Gasteiger partial charge in [-0.15, -0.1) is 0 Å². The highest BCUT2D eigenvalue weighted by molar-refractivity contribution is 5.56. The van der Waals surface area contributed by atoms with Gasteiger partial charge in [-0.05, 0) is 30.0 Å². The van der Waals surface area contributed by atoms with E-state index in [1.165, 1.54) is 29.7 Å². The van der Waals surface area contributed by atoms with Gasteiger partial charge in [-0.3, -0.25) is 0 Å². The largest absolute Gasteiger partial charge is 0.374 e. The molecular formula is C14H18N4. The van der Waals surface area contributed by atoms with Crippen molar-refractivity contribution in [3.8, 4) is 0 Å². The average Bonchev–Trinajstić information content (AvgIpc) is 2.75. The first-order valence-corrected chi connectivity index (χ1v) is 6.33. The van der Waals surface area contributed by atoms with Crippen LogP contribution in [-0.2, 0) is 13.0 Å². The zero-order valence-corrected chi connectivity index (χ0v) is 10.6. The van der Waals surface area contributed by atoms with Crippen LogP contribution in [0.15, 0.2) is 30.6 Å². The van der Waals surface area contributed by atoms with Crippen molar-refractivity contribution in [2.45, 2.75) is 19.4 Å². The molecule has 0 amide bonds. The molecule has 3 rings (SSSR count). The van der Waals surface area contributed by atoms with Gasteiger partial charge >= 0.3 is 0 Å². The average molecular weight is 242 g/mol. The summed E-state index contributed by atoms with van der Waals surface area (Å²) in [5.74, 6) is 0.574. The summed E-state index contributed by atoms with van der Waals surface area (Å²) in [6, 6.07) is 6.70. The summed E-state index contributed by atoms with van der Waals surface area (Å²) in [7, 11) is 2.16. The molecule has 4 heteroatoms. The second-order valence-corrected chi connectivity index (χ2v) is 4.90. The number of rotatable bonds is 2. The van der Waals surface area contributed by atoms with Crippen molar-refractivity contribution in [2.75, 3.05) is 24.2 Å². The number of aryl methyl sites for hydroxylation is 1. The zero-order chi connectivity index (χ0) is 12.5. The monoisotopic (exact) mass is 242 g/mol.